The van der Waals surface area contributed by atoms with Gasteiger partial charge < -0.3 is 4.74 Å². The number of rotatable bonds is 5. The number of ether oxygens (including phenoxy) is 1. The van der Waals surface area contributed by atoms with E-state index in [4.69, 9.17) is 4.74 Å². The minimum atomic E-state index is -4.00. The molecule has 0 radical (unpaired) electrons. The lowest BCUT2D eigenvalue weighted by Gasteiger charge is -1.95. The van der Waals surface area contributed by atoms with Crippen molar-refractivity contribution >= 4 is 23.2 Å². The van der Waals surface area contributed by atoms with Gasteiger partial charge in [0.15, 0.2) is 5.78 Å². The molecule has 0 aliphatic heterocycles. The minimum absolute atomic E-state index is 0.0209. The Morgan fingerprint density at radius 2 is 2.17 bits per heavy atom. The predicted octanol–water partition coefficient (Wildman–Crippen LogP) is 3.57. The van der Waals surface area contributed by atoms with Crippen molar-refractivity contribution in [1.29, 1.82) is 0 Å². The van der Waals surface area contributed by atoms with Gasteiger partial charge in [0.25, 0.3) is 0 Å². The van der Waals surface area contributed by atoms with Gasteiger partial charge in [-0.25, -0.2) is 4.98 Å². The lowest BCUT2D eigenvalue weighted by atomic mass is 10.4. The van der Waals surface area contributed by atoms with Crippen LogP contribution >= 0.6 is 11.3 Å². The highest BCUT2D eigenvalue weighted by Crippen LogP contribution is 2.14. The summed E-state index contributed by atoms with van der Waals surface area (Å²) in [6, 6.07) is 0. The lowest BCUT2D eigenvalue weighted by molar-refractivity contribution is -0.110. The fourth-order valence-electron chi connectivity index (χ4n) is 0.777. The van der Waals surface area contributed by atoms with Crippen molar-refractivity contribution in [2.75, 3.05) is 13.2 Å². The van der Waals surface area contributed by atoms with Crippen LogP contribution < -0.4 is 0 Å². The van der Waals surface area contributed by atoms with E-state index in [-0.39, 0.29) is 19.3 Å². The van der Waals surface area contributed by atoms with Gasteiger partial charge in [-0.05, 0) is 13.0 Å². The van der Waals surface area contributed by atoms with Crippen LogP contribution in [0.4, 0.5) is 13.2 Å². The normalized spacial score (nSPS) is 10.5. The van der Waals surface area contributed by atoms with Crippen molar-refractivity contribution in [3.8, 4) is 0 Å². The van der Waals surface area contributed by atoms with Gasteiger partial charge in [0.1, 0.15) is 11.6 Å². The molecule has 102 valence electrons. The third kappa shape index (κ3) is 8.89. The van der Waals surface area contributed by atoms with Crippen molar-refractivity contribution in [2.45, 2.75) is 20.0 Å². The molecule has 0 unspecified atom stereocenters. The van der Waals surface area contributed by atoms with Gasteiger partial charge in [0.2, 0.25) is 0 Å². The van der Waals surface area contributed by atoms with Crippen LogP contribution in [0.1, 0.15) is 28.5 Å². The molecule has 18 heavy (non-hydrogen) atoms. The van der Waals surface area contributed by atoms with Crippen LogP contribution in [0.2, 0.25) is 0 Å². The van der Waals surface area contributed by atoms with Gasteiger partial charge in [0, 0.05) is 19.7 Å². The topological polar surface area (TPSA) is 39.2 Å². The minimum Gasteiger partial charge on any atom is -0.374 e. The quantitative estimate of drug-likeness (QED) is 0.774. The predicted molar refractivity (Wildman–Crippen MR) is 64.8 cm³/mol. The summed E-state index contributed by atoms with van der Waals surface area (Å²) in [4.78, 5) is 16.0. The largest absolute Gasteiger partial charge is 0.386 e. The lowest BCUT2D eigenvalue weighted by Crippen LogP contribution is -2.06. The molecular weight excluding hydrogens is 267 g/mol. The summed E-state index contributed by atoms with van der Waals surface area (Å²) in [7, 11) is 0. The van der Waals surface area contributed by atoms with Crippen molar-refractivity contribution in [3.63, 3.8) is 0 Å². The van der Waals surface area contributed by atoms with E-state index in [2.05, 4.69) is 11.6 Å². The van der Waals surface area contributed by atoms with Crippen LogP contribution in [0.25, 0.3) is 6.08 Å². The molecule has 0 atom stereocenters. The molecule has 3 nitrogen and oxygen atoms in total. The van der Waals surface area contributed by atoms with Crippen molar-refractivity contribution in [2.24, 2.45) is 0 Å². The number of ketones is 1. The number of thiazole rings is 1. The number of Topliss-reactive ketones (excluding diaryl/α,β-unsaturated/α-hetero) is 1. The number of carbonyl (C=O) groups is 1. The van der Waals surface area contributed by atoms with Gasteiger partial charge in [-0.1, -0.05) is 6.58 Å². The van der Waals surface area contributed by atoms with Crippen molar-refractivity contribution in [1.82, 2.24) is 4.98 Å². The first-order valence-corrected chi connectivity index (χ1v) is 5.85. The summed E-state index contributed by atoms with van der Waals surface area (Å²) in [6.45, 7) is 6.30. The zero-order chi connectivity index (χ0) is 14.2. The Kier molecular flexibility index (Phi) is 7.45. The van der Waals surface area contributed by atoms with Gasteiger partial charge >= 0.3 is 6.18 Å². The highest BCUT2D eigenvalue weighted by molar-refractivity contribution is 7.14. The molecule has 0 bridgehead atoms. The standard InChI is InChI=1S/C9H11NO2S.C2H3F3/c1-3-9-10-5-8(13-9)7(11)6-12-4-2;1-2(3,4)5/h3,5H,1,4,6H2,2H3;1H3. The van der Waals surface area contributed by atoms with E-state index >= 15 is 0 Å². The molecule has 0 fully saturated rings. The smallest absolute Gasteiger partial charge is 0.374 e. The van der Waals surface area contributed by atoms with Crippen LogP contribution in [-0.4, -0.2) is 30.2 Å². The Balaban J connectivity index is 0.000000494. The first-order chi connectivity index (χ1) is 8.27. The first-order valence-electron chi connectivity index (χ1n) is 5.03. The highest BCUT2D eigenvalue weighted by Gasteiger charge is 2.15. The van der Waals surface area contributed by atoms with E-state index in [0.29, 0.717) is 11.5 Å². The Morgan fingerprint density at radius 1 is 1.61 bits per heavy atom. The van der Waals surface area contributed by atoms with Gasteiger partial charge in [-0.15, -0.1) is 11.3 Å². The van der Waals surface area contributed by atoms with Crippen LogP contribution in [0.5, 0.6) is 0 Å². The van der Waals surface area contributed by atoms with Crippen LogP contribution in [0.15, 0.2) is 12.8 Å². The third-order valence-electron chi connectivity index (χ3n) is 1.41. The Labute approximate surface area is 107 Å². The first kappa shape index (κ1) is 16.8. The van der Waals surface area contributed by atoms with E-state index in [1.54, 1.807) is 12.3 Å². The van der Waals surface area contributed by atoms with Gasteiger partial charge in [-0.2, -0.15) is 13.2 Å². The van der Waals surface area contributed by atoms with Crippen LogP contribution in [0, 0.1) is 0 Å². The number of nitrogens with zero attached hydrogens (tertiary/aromatic N) is 1. The summed E-state index contributed by atoms with van der Waals surface area (Å²) in [5.74, 6) is -0.0209. The Morgan fingerprint density at radius 3 is 2.56 bits per heavy atom. The van der Waals surface area contributed by atoms with Crippen LogP contribution in [0.3, 0.4) is 0 Å². The molecule has 0 N–H and O–H groups in total. The molecule has 7 heteroatoms. The maximum absolute atomic E-state index is 11.3. The summed E-state index contributed by atoms with van der Waals surface area (Å²) < 4.78 is 36.1. The monoisotopic (exact) mass is 281 g/mol. The SMILES string of the molecule is C=Cc1ncc(C(=O)COCC)s1.CC(F)(F)F. The molecule has 1 aromatic heterocycles. The molecule has 0 spiro atoms. The fourth-order valence-corrected chi connectivity index (χ4v) is 1.47. The Bertz CT molecular complexity index is 382. The molecule has 0 saturated heterocycles. The average molecular weight is 281 g/mol. The Hall–Kier alpha value is -1.21. The molecule has 1 aromatic rings. The zero-order valence-electron chi connectivity index (χ0n) is 10.1. The summed E-state index contributed by atoms with van der Waals surface area (Å²) >= 11 is 1.33. The van der Waals surface area contributed by atoms with E-state index in [1.807, 2.05) is 6.92 Å². The number of aromatic nitrogens is 1. The molecule has 0 aromatic carbocycles. The second-order valence-electron chi connectivity index (χ2n) is 3.11. The molecular formula is C11H14F3NO2S. The third-order valence-corrected chi connectivity index (χ3v) is 2.44. The summed E-state index contributed by atoms with van der Waals surface area (Å²) in [6.07, 6.45) is -0.814. The average Bonchev–Trinajstić information content (AvgIpc) is 2.72. The molecule has 1 heterocycles. The van der Waals surface area contributed by atoms with E-state index in [1.165, 1.54) is 11.3 Å². The number of hydrogen-bond donors (Lipinski definition) is 0. The van der Waals surface area contributed by atoms with Crippen molar-refractivity contribution in [3.05, 3.63) is 22.7 Å². The fraction of sp³-hybridized carbons (Fsp3) is 0.455. The number of carbonyl (C=O) groups excluding carboxylic acids is 1. The molecule has 0 aliphatic rings. The zero-order valence-corrected chi connectivity index (χ0v) is 10.9. The second kappa shape index (κ2) is 7.99. The maximum atomic E-state index is 11.3. The van der Waals surface area contributed by atoms with Crippen molar-refractivity contribution < 1.29 is 22.7 Å². The molecule has 0 aliphatic carbocycles. The number of alkyl halides is 3. The van der Waals surface area contributed by atoms with E-state index < -0.39 is 6.18 Å². The number of halogens is 3. The molecule has 0 saturated carbocycles. The molecule has 0 amide bonds. The van der Waals surface area contributed by atoms with Gasteiger partial charge in [-0.3, -0.25) is 4.79 Å². The van der Waals surface area contributed by atoms with Crippen LogP contribution in [-0.2, 0) is 4.74 Å². The summed E-state index contributed by atoms with van der Waals surface area (Å²) in [5, 5.41) is 0.764. The maximum Gasteiger partial charge on any atom is 0.386 e. The second-order valence-corrected chi connectivity index (χ2v) is 4.17. The number of hydrogen-bond acceptors (Lipinski definition) is 4. The summed E-state index contributed by atoms with van der Waals surface area (Å²) in [5.41, 5.74) is 0. The van der Waals surface area contributed by atoms with Gasteiger partial charge in [0.05, 0.1) is 4.88 Å². The molecule has 1 rings (SSSR count). The van der Waals surface area contributed by atoms with E-state index in [9.17, 15) is 18.0 Å². The highest BCUT2D eigenvalue weighted by atomic mass is 32.1. The van der Waals surface area contributed by atoms with E-state index in [0.717, 1.165) is 5.01 Å².